The lowest BCUT2D eigenvalue weighted by Gasteiger charge is -2.38. The number of carbonyl (C=O) groups excluding carboxylic acids is 1. The smallest absolute Gasteiger partial charge is 0.369 e. The van der Waals surface area contributed by atoms with Crippen molar-refractivity contribution in [1.29, 1.82) is 0 Å². The highest BCUT2D eigenvalue weighted by molar-refractivity contribution is 7.92. The van der Waals surface area contributed by atoms with Gasteiger partial charge >= 0.3 is 6.18 Å². The maximum Gasteiger partial charge on any atom is 0.416 e. The molecule has 1 N–H and O–H groups in total. The molecule has 2 aromatic rings. The van der Waals surface area contributed by atoms with E-state index in [9.17, 15) is 26.4 Å². The number of benzene rings is 2. The van der Waals surface area contributed by atoms with Crippen molar-refractivity contribution in [2.45, 2.75) is 19.1 Å². The minimum absolute atomic E-state index is 0.0987. The Morgan fingerprint density at radius 1 is 1.03 bits per heavy atom. The van der Waals surface area contributed by atoms with Gasteiger partial charge in [-0.2, -0.15) is 13.2 Å². The van der Waals surface area contributed by atoms with E-state index in [2.05, 4.69) is 4.72 Å². The number of hydrogen-bond acceptors (Lipinski definition) is 5. The van der Waals surface area contributed by atoms with Crippen LogP contribution in [0.2, 0.25) is 0 Å². The Bertz CT molecular complexity index is 1030. The molecular formula is C21H24F3N3O3S. The third-order valence-electron chi connectivity index (χ3n) is 5.25. The van der Waals surface area contributed by atoms with Crippen molar-refractivity contribution in [1.82, 2.24) is 4.90 Å². The molecule has 0 saturated carbocycles. The Kier molecular flexibility index (Phi) is 6.61. The number of rotatable bonds is 6. The van der Waals surface area contributed by atoms with Gasteiger partial charge in [-0.1, -0.05) is 6.07 Å². The van der Waals surface area contributed by atoms with Crippen molar-refractivity contribution in [3.63, 3.8) is 0 Å². The zero-order valence-corrected chi connectivity index (χ0v) is 18.0. The number of halogens is 3. The molecule has 0 aromatic heterocycles. The summed E-state index contributed by atoms with van der Waals surface area (Å²) in [5.74, 6) is -0.0987. The third kappa shape index (κ3) is 5.98. The summed E-state index contributed by atoms with van der Waals surface area (Å²) in [6, 6.07) is 11.1. The summed E-state index contributed by atoms with van der Waals surface area (Å²) in [6.45, 7) is 3.89. The molecule has 168 valence electrons. The first kappa shape index (κ1) is 23.1. The number of alkyl halides is 3. The first-order valence-corrected chi connectivity index (χ1v) is 11.6. The van der Waals surface area contributed by atoms with E-state index in [4.69, 9.17) is 0 Å². The normalized spacial score (nSPS) is 16.7. The lowest BCUT2D eigenvalue weighted by Crippen LogP contribution is -2.51. The van der Waals surface area contributed by atoms with Gasteiger partial charge in [-0.15, -0.1) is 0 Å². The van der Waals surface area contributed by atoms with Gasteiger partial charge in [0.25, 0.3) is 0 Å². The molecule has 1 heterocycles. The highest BCUT2D eigenvalue weighted by atomic mass is 32.2. The van der Waals surface area contributed by atoms with Gasteiger partial charge in [0.05, 0.1) is 17.9 Å². The number of nitrogens with one attached hydrogen (secondary N) is 1. The van der Waals surface area contributed by atoms with Crippen LogP contribution in [0.5, 0.6) is 0 Å². The van der Waals surface area contributed by atoms with Crippen LogP contribution >= 0.6 is 0 Å². The van der Waals surface area contributed by atoms with Gasteiger partial charge < -0.3 is 4.90 Å². The Balaban J connectivity index is 1.61. The van der Waals surface area contributed by atoms with Gasteiger partial charge in [0, 0.05) is 43.1 Å². The van der Waals surface area contributed by atoms with Crippen LogP contribution in [0.3, 0.4) is 0 Å². The fourth-order valence-electron chi connectivity index (χ4n) is 3.57. The SMILES string of the molecule is CC(C(=O)c1ccc(NS(C)(=O)=O)cc1)N1CCN(c2cccc(C(F)(F)F)c2)CC1. The molecule has 0 bridgehead atoms. The summed E-state index contributed by atoms with van der Waals surface area (Å²) >= 11 is 0. The standard InChI is InChI=1S/C21H24F3N3O3S/c1-15(20(28)16-6-8-18(9-7-16)25-31(2,29)30)26-10-12-27(13-11-26)19-5-3-4-17(14-19)21(22,23)24/h3-9,14-15,25H,10-13H2,1-2H3. The zero-order valence-electron chi connectivity index (χ0n) is 17.2. The van der Waals surface area contributed by atoms with Crippen LogP contribution in [0.4, 0.5) is 24.5 Å². The number of carbonyl (C=O) groups is 1. The van der Waals surface area contributed by atoms with Crippen molar-refractivity contribution in [3.05, 3.63) is 59.7 Å². The second-order valence-electron chi connectivity index (χ2n) is 7.56. The molecule has 1 atom stereocenters. The van der Waals surface area contributed by atoms with Crippen LogP contribution in [0.25, 0.3) is 0 Å². The second-order valence-corrected chi connectivity index (χ2v) is 9.31. The van der Waals surface area contributed by atoms with Crippen LogP contribution in [-0.4, -0.2) is 57.6 Å². The van der Waals surface area contributed by atoms with Crippen LogP contribution < -0.4 is 9.62 Å². The number of anilines is 2. The summed E-state index contributed by atoms with van der Waals surface area (Å²) in [7, 11) is -3.39. The predicted molar refractivity (Wildman–Crippen MR) is 114 cm³/mol. The molecule has 0 spiro atoms. The van der Waals surface area contributed by atoms with Gasteiger partial charge in [0.1, 0.15) is 0 Å². The molecule has 1 aliphatic rings. The van der Waals surface area contributed by atoms with Crippen LogP contribution in [0.1, 0.15) is 22.8 Å². The molecular weight excluding hydrogens is 431 g/mol. The largest absolute Gasteiger partial charge is 0.416 e. The van der Waals surface area contributed by atoms with E-state index in [1.165, 1.54) is 18.2 Å². The first-order valence-electron chi connectivity index (χ1n) is 9.72. The summed E-state index contributed by atoms with van der Waals surface area (Å²) in [5, 5.41) is 0. The number of sulfonamides is 1. The molecule has 2 aromatic carbocycles. The average Bonchev–Trinajstić information content (AvgIpc) is 2.72. The Morgan fingerprint density at radius 3 is 2.19 bits per heavy atom. The average molecular weight is 456 g/mol. The fraction of sp³-hybridized carbons (Fsp3) is 0.381. The number of ketones is 1. The quantitative estimate of drug-likeness (QED) is 0.676. The van der Waals surface area contributed by atoms with Crippen molar-refractivity contribution in [2.75, 3.05) is 42.1 Å². The molecule has 1 aliphatic heterocycles. The second kappa shape index (κ2) is 8.88. The van der Waals surface area contributed by atoms with Crippen molar-refractivity contribution < 1.29 is 26.4 Å². The van der Waals surface area contributed by atoms with E-state index in [1.54, 1.807) is 25.1 Å². The zero-order chi connectivity index (χ0) is 22.8. The minimum Gasteiger partial charge on any atom is -0.369 e. The maximum absolute atomic E-state index is 13.0. The summed E-state index contributed by atoms with van der Waals surface area (Å²) in [6.07, 6.45) is -3.34. The van der Waals surface area contributed by atoms with Gasteiger partial charge in [-0.3, -0.25) is 14.4 Å². The molecule has 1 fully saturated rings. The number of nitrogens with zero attached hydrogens (tertiary/aromatic N) is 2. The predicted octanol–water partition coefficient (Wildman–Crippen LogP) is 3.47. The Morgan fingerprint density at radius 2 is 1.65 bits per heavy atom. The monoisotopic (exact) mass is 455 g/mol. The molecule has 10 heteroatoms. The van der Waals surface area contributed by atoms with Crippen LogP contribution in [0.15, 0.2) is 48.5 Å². The maximum atomic E-state index is 13.0. The van der Waals surface area contributed by atoms with Crippen LogP contribution in [0, 0.1) is 0 Å². The summed E-state index contributed by atoms with van der Waals surface area (Å²) in [5.41, 5.74) is 0.681. The molecule has 3 rings (SSSR count). The van der Waals surface area contributed by atoms with E-state index in [0.717, 1.165) is 18.4 Å². The van der Waals surface area contributed by atoms with E-state index in [-0.39, 0.29) is 5.78 Å². The first-order chi connectivity index (χ1) is 14.4. The van der Waals surface area contributed by atoms with Crippen molar-refractivity contribution in [2.24, 2.45) is 0 Å². The Labute approximate surface area is 179 Å². The minimum atomic E-state index is -4.38. The lowest BCUT2D eigenvalue weighted by atomic mass is 10.0. The Hall–Kier alpha value is -2.59. The van der Waals surface area contributed by atoms with Crippen molar-refractivity contribution in [3.8, 4) is 0 Å². The summed E-state index contributed by atoms with van der Waals surface area (Å²) < 4.78 is 63.8. The molecule has 0 radical (unpaired) electrons. The molecule has 31 heavy (non-hydrogen) atoms. The number of hydrogen-bond donors (Lipinski definition) is 1. The molecule has 0 amide bonds. The number of Topliss-reactive ketones (excluding diaryl/α,β-unsaturated/α-hetero) is 1. The molecule has 6 nitrogen and oxygen atoms in total. The van der Waals surface area contributed by atoms with E-state index in [0.29, 0.717) is 43.1 Å². The van der Waals surface area contributed by atoms with Crippen LogP contribution in [-0.2, 0) is 16.2 Å². The third-order valence-corrected chi connectivity index (χ3v) is 5.86. The topological polar surface area (TPSA) is 69.7 Å². The highest BCUT2D eigenvalue weighted by Crippen LogP contribution is 2.32. The van der Waals surface area contributed by atoms with E-state index < -0.39 is 27.8 Å². The lowest BCUT2D eigenvalue weighted by molar-refractivity contribution is -0.137. The van der Waals surface area contributed by atoms with Gasteiger partial charge in [-0.05, 0) is 49.4 Å². The molecule has 0 aliphatic carbocycles. The van der Waals surface area contributed by atoms with Gasteiger partial charge in [0.15, 0.2) is 5.78 Å². The van der Waals surface area contributed by atoms with Crippen molar-refractivity contribution >= 4 is 27.2 Å². The highest BCUT2D eigenvalue weighted by Gasteiger charge is 2.31. The van der Waals surface area contributed by atoms with E-state index >= 15 is 0 Å². The van der Waals surface area contributed by atoms with E-state index in [1.807, 2.05) is 9.80 Å². The molecule has 1 unspecified atom stereocenters. The fourth-order valence-corrected chi connectivity index (χ4v) is 4.13. The van der Waals surface area contributed by atoms with Gasteiger partial charge in [0.2, 0.25) is 10.0 Å². The summed E-state index contributed by atoms with van der Waals surface area (Å²) in [4.78, 5) is 16.7. The van der Waals surface area contributed by atoms with Gasteiger partial charge in [-0.25, -0.2) is 8.42 Å². The number of piperazine rings is 1. The molecule has 1 saturated heterocycles.